The molecule has 338 valence electrons. The van der Waals surface area contributed by atoms with Crippen molar-refractivity contribution in [3.63, 3.8) is 0 Å². The van der Waals surface area contributed by atoms with Gasteiger partial charge in [0.1, 0.15) is 41.9 Å². The van der Waals surface area contributed by atoms with Crippen LogP contribution in [-0.2, 0) is 46.2 Å². The average Bonchev–Trinajstić information content (AvgIpc) is 4.11. The number of carbonyl (C=O) groups excluding carboxylic acids is 1. The molecule has 0 saturated heterocycles. The van der Waals surface area contributed by atoms with Crippen LogP contribution in [0.4, 0.5) is 49.7 Å². The molecule has 3 aromatic carbocycles. The number of rotatable bonds is 14. The Morgan fingerprint density at radius 2 is 1.70 bits per heavy atom. The zero-order valence-corrected chi connectivity index (χ0v) is 34.3. The maximum Gasteiger partial charge on any atom is 0.293 e. The van der Waals surface area contributed by atoms with E-state index in [0.29, 0.717) is 35.2 Å². The molecule has 0 radical (unpaired) electrons. The van der Waals surface area contributed by atoms with Crippen molar-refractivity contribution in [1.29, 1.82) is 0 Å². The average molecular weight is 945 g/mol. The quantitative estimate of drug-likeness (QED) is 0.104. The second-order valence-electron chi connectivity index (χ2n) is 16.1. The molecule has 1 amide bonds. The lowest BCUT2D eigenvalue weighted by Crippen LogP contribution is -2.38. The van der Waals surface area contributed by atoms with Gasteiger partial charge in [-0.2, -0.15) is 19.0 Å². The molecule has 9 rings (SSSR count). The van der Waals surface area contributed by atoms with Crippen LogP contribution >= 0.6 is 11.6 Å². The topological polar surface area (TPSA) is 146 Å². The lowest BCUT2D eigenvalue weighted by atomic mass is 10.0. The van der Waals surface area contributed by atoms with Crippen LogP contribution in [0.3, 0.4) is 0 Å². The Kier molecular flexibility index (Phi) is 10.3. The highest BCUT2D eigenvalue weighted by Crippen LogP contribution is 2.68. The minimum absolute atomic E-state index is 0.0806. The third kappa shape index (κ3) is 7.62. The predicted molar refractivity (Wildman–Crippen MR) is 210 cm³/mol. The van der Waals surface area contributed by atoms with Crippen LogP contribution in [0.1, 0.15) is 78.5 Å². The van der Waals surface area contributed by atoms with E-state index in [1.54, 1.807) is 0 Å². The van der Waals surface area contributed by atoms with Crippen LogP contribution in [-0.4, -0.2) is 55.1 Å². The van der Waals surface area contributed by atoms with E-state index in [1.165, 1.54) is 0 Å². The van der Waals surface area contributed by atoms with Crippen molar-refractivity contribution in [3.8, 4) is 5.69 Å². The van der Waals surface area contributed by atoms with Crippen molar-refractivity contribution >= 4 is 55.2 Å². The second-order valence-corrected chi connectivity index (χ2v) is 18.4. The highest BCUT2D eigenvalue weighted by Gasteiger charge is 2.67. The van der Waals surface area contributed by atoms with Crippen molar-refractivity contribution in [2.75, 3.05) is 4.72 Å². The largest absolute Gasteiger partial charge is 0.344 e. The van der Waals surface area contributed by atoms with Gasteiger partial charge in [0.2, 0.25) is 15.9 Å². The maximum absolute atomic E-state index is 15.5. The molecule has 0 bridgehead atoms. The van der Waals surface area contributed by atoms with Gasteiger partial charge in [-0.25, -0.2) is 48.5 Å². The Hall–Kier alpha value is -5.71. The first kappa shape index (κ1) is 43.5. The number of fused-ring (bicyclic) bond motifs is 5. The van der Waals surface area contributed by atoms with Crippen molar-refractivity contribution in [3.05, 3.63) is 109 Å². The predicted octanol–water partition coefficient (Wildman–Crippen LogP) is 8.39. The van der Waals surface area contributed by atoms with E-state index in [4.69, 9.17) is 11.6 Å². The van der Waals surface area contributed by atoms with Crippen LogP contribution in [0.25, 0.3) is 27.5 Å². The Morgan fingerprint density at radius 1 is 1.00 bits per heavy atom. The highest BCUT2D eigenvalue weighted by atomic mass is 35.5. The summed E-state index contributed by atoms with van der Waals surface area (Å²) in [5, 5.41) is 8.48. The van der Waals surface area contributed by atoms with Gasteiger partial charge in [-0.1, -0.05) is 17.7 Å². The number of amides is 1. The first-order valence-corrected chi connectivity index (χ1v) is 21.4. The number of carbonyl (C=O) groups is 1. The molecule has 0 unspecified atom stereocenters. The molecule has 0 aliphatic heterocycles. The molecule has 3 aliphatic rings. The summed E-state index contributed by atoms with van der Waals surface area (Å²) in [7, 11) is -4.13. The Labute approximate surface area is 359 Å². The smallest absolute Gasteiger partial charge is 0.293 e. The fourth-order valence-electron chi connectivity index (χ4n) is 8.44. The van der Waals surface area contributed by atoms with Crippen LogP contribution in [0.15, 0.2) is 53.3 Å². The summed E-state index contributed by atoms with van der Waals surface area (Å²) >= 11 is 6.58. The van der Waals surface area contributed by atoms with Gasteiger partial charge in [-0.3, -0.25) is 28.2 Å². The summed E-state index contributed by atoms with van der Waals surface area (Å²) in [4.78, 5) is 33.4. The standard InChI is InChI=1S/C40H31ClF10N8O4S/c1-39(48,49)17-2-5-21-25(11-17)53-37(59(38(21)61)27-7-6-24(41)31-33(27)57(14-28(44)45)55-36(31)56-64(62,63)20-3-4-20)26(10-16-8-18(42)12-19(43)9-16)52-29(60)15-58-34-30(32(54-58)35(46)47)22-13-23(22)40(34,50)51/h2,5-9,11-12,20,22-23,26,28,35H,3-4,10,13-15H2,1H3,(H,52,60)(H,55,56)/t22-,23+,26-/m0/s1. The van der Waals surface area contributed by atoms with E-state index in [-0.39, 0.29) is 33.3 Å². The molecule has 64 heavy (non-hydrogen) atoms. The number of benzene rings is 3. The normalized spacial score (nSPS) is 18.5. The second kappa shape index (κ2) is 15.2. The van der Waals surface area contributed by atoms with E-state index in [1.807, 2.05) is 0 Å². The molecule has 6 aromatic rings. The number of alkyl halides is 8. The van der Waals surface area contributed by atoms with E-state index < -0.39 is 146 Å². The number of hydrogen-bond donors (Lipinski definition) is 2. The summed E-state index contributed by atoms with van der Waals surface area (Å²) < 4.78 is 177. The van der Waals surface area contributed by atoms with Crippen LogP contribution in [0, 0.1) is 17.6 Å². The fraction of sp³-hybridized carbons (Fsp3) is 0.375. The van der Waals surface area contributed by atoms with Crippen molar-refractivity contribution in [1.82, 2.24) is 34.4 Å². The van der Waals surface area contributed by atoms with Crippen molar-refractivity contribution in [2.45, 2.75) is 87.6 Å². The Balaban J connectivity index is 1.27. The first-order valence-electron chi connectivity index (χ1n) is 19.5. The molecule has 2 saturated carbocycles. The monoisotopic (exact) mass is 944 g/mol. The minimum Gasteiger partial charge on any atom is -0.344 e. The first-order chi connectivity index (χ1) is 30.0. The lowest BCUT2D eigenvalue weighted by molar-refractivity contribution is -0.123. The number of sulfonamides is 1. The molecule has 3 atom stereocenters. The maximum atomic E-state index is 15.5. The number of halogens is 11. The van der Waals surface area contributed by atoms with E-state index in [0.717, 1.165) is 47.0 Å². The molecule has 3 aliphatic carbocycles. The summed E-state index contributed by atoms with van der Waals surface area (Å²) in [5.41, 5.74) is -5.39. The molecule has 0 spiro atoms. The Bertz CT molecular complexity index is 3070. The Morgan fingerprint density at radius 3 is 2.34 bits per heavy atom. The van der Waals surface area contributed by atoms with Crippen LogP contribution in [0.2, 0.25) is 5.02 Å². The molecule has 3 aromatic heterocycles. The third-order valence-electron chi connectivity index (χ3n) is 11.4. The summed E-state index contributed by atoms with van der Waals surface area (Å²) in [6, 6.07) is 5.42. The minimum atomic E-state index is -4.13. The van der Waals surface area contributed by atoms with Gasteiger partial charge in [-0.15, -0.1) is 0 Å². The van der Waals surface area contributed by atoms with Gasteiger partial charge in [0.15, 0.2) is 5.82 Å². The van der Waals surface area contributed by atoms with Crippen molar-refractivity contribution in [2.24, 2.45) is 5.92 Å². The van der Waals surface area contributed by atoms with E-state index in [2.05, 4.69) is 25.2 Å². The lowest BCUT2D eigenvalue weighted by Gasteiger charge is -2.24. The third-order valence-corrected chi connectivity index (χ3v) is 13.6. The summed E-state index contributed by atoms with van der Waals surface area (Å²) in [6.45, 7) is -1.79. The van der Waals surface area contributed by atoms with Crippen LogP contribution in [0.5, 0.6) is 0 Å². The van der Waals surface area contributed by atoms with E-state index >= 15 is 8.78 Å². The molecule has 12 nitrogen and oxygen atoms in total. The molecule has 2 fully saturated rings. The molecule has 24 heteroatoms. The molecular formula is C40H31ClF10N8O4S. The van der Waals surface area contributed by atoms with E-state index in [9.17, 15) is 53.1 Å². The number of nitrogens with one attached hydrogen (secondary N) is 2. The van der Waals surface area contributed by atoms with Gasteiger partial charge in [0.05, 0.1) is 43.8 Å². The fourth-order valence-corrected chi connectivity index (χ4v) is 10.0. The SMILES string of the molecule is CC(F)(F)c1ccc2c(=O)n(-c3ccc(Cl)c4c(NS(=O)(=O)C5CC5)nn(CC(F)F)c34)c([C@H](Cc3cc(F)cc(F)c3)NC(=O)Cn3nc(C(F)F)c4c3C(F)(F)[C@@H]3C[C@H]43)nc2c1. The van der Waals surface area contributed by atoms with Gasteiger partial charge in [0.25, 0.3) is 30.3 Å². The highest BCUT2D eigenvalue weighted by molar-refractivity contribution is 7.93. The molecular weight excluding hydrogens is 914 g/mol. The van der Waals surface area contributed by atoms with Gasteiger partial charge >= 0.3 is 0 Å². The van der Waals surface area contributed by atoms with Crippen molar-refractivity contribution < 1.29 is 57.1 Å². The molecule has 2 N–H and O–H groups in total. The van der Waals surface area contributed by atoms with Gasteiger partial charge in [-0.05, 0) is 67.1 Å². The number of nitrogens with zero attached hydrogens (tertiary/aromatic N) is 6. The summed E-state index contributed by atoms with van der Waals surface area (Å²) in [5.74, 6) is -13.9. The number of anilines is 1. The molecule has 3 heterocycles. The zero-order chi connectivity index (χ0) is 45.9. The van der Waals surface area contributed by atoms with Crippen LogP contribution < -0.4 is 15.6 Å². The summed E-state index contributed by atoms with van der Waals surface area (Å²) in [6.07, 6.45) is -6.63. The number of aromatic nitrogens is 6. The zero-order valence-electron chi connectivity index (χ0n) is 32.7. The van der Waals surface area contributed by atoms with Gasteiger partial charge < -0.3 is 5.32 Å². The van der Waals surface area contributed by atoms with Gasteiger partial charge in [0, 0.05) is 36.5 Å². The number of hydrogen-bond acceptors (Lipinski definition) is 7.